The molecule has 0 radical (unpaired) electrons. The summed E-state index contributed by atoms with van der Waals surface area (Å²) in [5.74, 6) is 0.873. The van der Waals surface area contributed by atoms with Gasteiger partial charge in [-0.25, -0.2) is 0 Å². The molecule has 0 saturated carbocycles. The van der Waals surface area contributed by atoms with Gasteiger partial charge < -0.3 is 10.0 Å². The van der Waals surface area contributed by atoms with Crippen molar-refractivity contribution in [3.8, 4) is 5.75 Å². The summed E-state index contributed by atoms with van der Waals surface area (Å²) in [4.78, 5) is 4.51. The second-order valence-corrected chi connectivity index (χ2v) is 6.08. The first-order valence-electron chi connectivity index (χ1n) is 6.73. The van der Waals surface area contributed by atoms with Gasteiger partial charge in [0.1, 0.15) is 5.75 Å². The van der Waals surface area contributed by atoms with E-state index in [1.807, 2.05) is 6.07 Å². The van der Waals surface area contributed by atoms with Gasteiger partial charge in [0.25, 0.3) is 0 Å². The standard InChI is InChI=1S/C15H25ClN2O/c1-12(2)10-18(9-8-17(3)4)11-13-14(16)6-5-7-15(13)19/h5-7,12,19H,8-11H2,1-4H3. The van der Waals surface area contributed by atoms with Crippen molar-refractivity contribution >= 4 is 11.6 Å². The molecule has 108 valence electrons. The lowest BCUT2D eigenvalue weighted by Crippen LogP contribution is -2.34. The van der Waals surface area contributed by atoms with E-state index in [2.05, 4.69) is 37.7 Å². The van der Waals surface area contributed by atoms with E-state index in [0.29, 0.717) is 17.5 Å². The number of benzene rings is 1. The lowest BCUT2D eigenvalue weighted by atomic mass is 10.1. The fraction of sp³-hybridized carbons (Fsp3) is 0.600. The average molecular weight is 285 g/mol. The molecule has 4 heteroatoms. The van der Waals surface area contributed by atoms with E-state index in [0.717, 1.165) is 25.2 Å². The van der Waals surface area contributed by atoms with Gasteiger partial charge in [-0.15, -0.1) is 0 Å². The highest BCUT2D eigenvalue weighted by Crippen LogP contribution is 2.26. The number of phenols is 1. The molecule has 0 fully saturated rings. The fourth-order valence-electron chi connectivity index (χ4n) is 2.02. The van der Waals surface area contributed by atoms with E-state index in [1.54, 1.807) is 12.1 Å². The average Bonchev–Trinajstić information content (AvgIpc) is 2.30. The third-order valence-corrected chi connectivity index (χ3v) is 3.32. The Hall–Kier alpha value is -0.770. The Morgan fingerprint density at radius 3 is 2.42 bits per heavy atom. The summed E-state index contributed by atoms with van der Waals surface area (Å²) in [5, 5.41) is 10.6. The molecule has 0 aliphatic heterocycles. The molecule has 0 aliphatic carbocycles. The van der Waals surface area contributed by atoms with Crippen molar-refractivity contribution in [1.29, 1.82) is 0 Å². The van der Waals surface area contributed by atoms with Crippen LogP contribution in [0.5, 0.6) is 5.75 Å². The number of aromatic hydroxyl groups is 1. The van der Waals surface area contributed by atoms with Crippen molar-refractivity contribution in [3.63, 3.8) is 0 Å². The lowest BCUT2D eigenvalue weighted by Gasteiger charge is -2.26. The molecule has 0 spiro atoms. The van der Waals surface area contributed by atoms with Crippen molar-refractivity contribution in [1.82, 2.24) is 9.80 Å². The van der Waals surface area contributed by atoms with Gasteiger partial charge in [-0.3, -0.25) is 4.90 Å². The summed E-state index contributed by atoms with van der Waals surface area (Å²) >= 11 is 6.18. The van der Waals surface area contributed by atoms with Gasteiger partial charge in [0.2, 0.25) is 0 Å². The zero-order chi connectivity index (χ0) is 14.4. The molecule has 0 aliphatic rings. The van der Waals surface area contributed by atoms with Crippen LogP contribution in [0.1, 0.15) is 19.4 Å². The van der Waals surface area contributed by atoms with Crippen LogP contribution in [0, 0.1) is 5.92 Å². The summed E-state index contributed by atoms with van der Waals surface area (Å²) in [6, 6.07) is 5.30. The quantitative estimate of drug-likeness (QED) is 0.834. The summed E-state index contributed by atoms with van der Waals surface area (Å²) < 4.78 is 0. The number of nitrogens with zero attached hydrogens (tertiary/aromatic N) is 2. The Bertz CT molecular complexity index is 373. The van der Waals surface area contributed by atoms with E-state index in [9.17, 15) is 5.11 Å². The van der Waals surface area contributed by atoms with Gasteiger partial charge in [-0.05, 0) is 32.1 Å². The first-order valence-corrected chi connectivity index (χ1v) is 7.11. The molecule has 0 bridgehead atoms. The Balaban J connectivity index is 2.75. The topological polar surface area (TPSA) is 26.7 Å². The third kappa shape index (κ3) is 5.81. The minimum atomic E-state index is 0.283. The Kier molecular flexibility index (Phi) is 6.63. The molecule has 1 aromatic carbocycles. The second kappa shape index (κ2) is 7.73. The number of phenolic OH excluding ortho intramolecular Hbond substituents is 1. The number of rotatable bonds is 7. The summed E-state index contributed by atoms with van der Waals surface area (Å²) in [6.07, 6.45) is 0. The molecule has 1 rings (SSSR count). The van der Waals surface area contributed by atoms with Crippen LogP contribution in [0.25, 0.3) is 0 Å². The molecule has 3 nitrogen and oxygen atoms in total. The summed E-state index contributed by atoms with van der Waals surface area (Å²) in [6.45, 7) is 8.06. The van der Waals surface area contributed by atoms with Gasteiger partial charge >= 0.3 is 0 Å². The predicted octanol–water partition coefficient (Wildman–Crippen LogP) is 3.07. The molecular formula is C15H25ClN2O. The van der Waals surface area contributed by atoms with E-state index in [-0.39, 0.29) is 5.75 Å². The van der Waals surface area contributed by atoms with Gasteiger partial charge in [0.15, 0.2) is 0 Å². The molecule has 0 saturated heterocycles. The molecular weight excluding hydrogens is 260 g/mol. The first-order chi connectivity index (χ1) is 8.90. The Morgan fingerprint density at radius 1 is 1.21 bits per heavy atom. The van der Waals surface area contributed by atoms with Crippen molar-refractivity contribution in [2.45, 2.75) is 20.4 Å². The highest BCUT2D eigenvalue weighted by Gasteiger charge is 2.13. The van der Waals surface area contributed by atoms with Gasteiger partial charge in [-0.1, -0.05) is 31.5 Å². The fourth-order valence-corrected chi connectivity index (χ4v) is 2.25. The van der Waals surface area contributed by atoms with E-state index in [4.69, 9.17) is 11.6 Å². The van der Waals surface area contributed by atoms with Crippen molar-refractivity contribution in [2.24, 2.45) is 5.92 Å². The van der Waals surface area contributed by atoms with Crippen LogP contribution in [-0.4, -0.2) is 48.6 Å². The monoisotopic (exact) mass is 284 g/mol. The minimum Gasteiger partial charge on any atom is -0.508 e. The zero-order valence-electron chi connectivity index (χ0n) is 12.4. The smallest absolute Gasteiger partial charge is 0.121 e. The Labute approximate surface area is 121 Å². The summed E-state index contributed by atoms with van der Waals surface area (Å²) in [5.41, 5.74) is 0.823. The van der Waals surface area contributed by atoms with E-state index < -0.39 is 0 Å². The molecule has 0 unspecified atom stereocenters. The molecule has 0 atom stereocenters. The van der Waals surface area contributed by atoms with Crippen molar-refractivity contribution < 1.29 is 5.11 Å². The van der Waals surface area contributed by atoms with Crippen LogP contribution in [0.15, 0.2) is 18.2 Å². The number of halogens is 1. The SMILES string of the molecule is CC(C)CN(CCN(C)C)Cc1c(O)cccc1Cl. The number of likely N-dealkylation sites (N-methyl/N-ethyl adjacent to an activating group) is 1. The second-order valence-electron chi connectivity index (χ2n) is 5.67. The third-order valence-electron chi connectivity index (χ3n) is 2.96. The minimum absolute atomic E-state index is 0.283. The molecule has 0 amide bonds. The Morgan fingerprint density at radius 2 is 1.89 bits per heavy atom. The summed E-state index contributed by atoms with van der Waals surface area (Å²) in [7, 11) is 4.14. The normalized spacial score (nSPS) is 11.8. The number of hydrogen-bond acceptors (Lipinski definition) is 3. The van der Waals surface area contributed by atoms with Crippen molar-refractivity contribution in [3.05, 3.63) is 28.8 Å². The highest BCUT2D eigenvalue weighted by atomic mass is 35.5. The van der Waals surface area contributed by atoms with Crippen LogP contribution < -0.4 is 0 Å². The van der Waals surface area contributed by atoms with Crippen molar-refractivity contribution in [2.75, 3.05) is 33.7 Å². The molecule has 1 aromatic rings. The van der Waals surface area contributed by atoms with E-state index >= 15 is 0 Å². The largest absolute Gasteiger partial charge is 0.508 e. The highest BCUT2D eigenvalue weighted by molar-refractivity contribution is 6.31. The van der Waals surface area contributed by atoms with Crippen LogP contribution in [-0.2, 0) is 6.54 Å². The van der Waals surface area contributed by atoms with Crippen LogP contribution in [0.3, 0.4) is 0 Å². The molecule has 0 aromatic heterocycles. The van der Waals surface area contributed by atoms with Crippen LogP contribution >= 0.6 is 11.6 Å². The molecule has 0 heterocycles. The molecule has 1 N–H and O–H groups in total. The maximum atomic E-state index is 9.93. The maximum absolute atomic E-state index is 9.93. The predicted molar refractivity (Wildman–Crippen MR) is 81.8 cm³/mol. The lowest BCUT2D eigenvalue weighted by molar-refractivity contribution is 0.210. The van der Waals surface area contributed by atoms with E-state index in [1.165, 1.54) is 0 Å². The zero-order valence-corrected chi connectivity index (χ0v) is 13.1. The van der Waals surface area contributed by atoms with Crippen LogP contribution in [0.4, 0.5) is 0 Å². The first kappa shape index (κ1) is 16.3. The van der Waals surface area contributed by atoms with Gasteiger partial charge in [0, 0.05) is 36.8 Å². The number of hydrogen-bond donors (Lipinski definition) is 1. The molecule has 19 heavy (non-hydrogen) atoms. The maximum Gasteiger partial charge on any atom is 0.121 e. The van der Waals surface area contributed by atoms with Crippen LogP contribution in [0.2, 0.25) is 5.02 Å². The van der Waals surface area contributed by atoms with Gasteiger partial charge in [-0.2, -0.15) is 0 Å². The van der Waals surface area contributed by atoms with Gasteiger partial charge in [0.05, 0.1) is 0 Å².